The first kappa shape index (κ1) is 10.9. The lowest BCUT2D eigenvalue weighted by atomic mass is 10.1. The van der Waals surface area contributed by atoms with Crippen LogP contribution in [0.25, 0.3) is 11.3 Å². The molecule has 16 heavy (non-hydrogen) atoms. The molecule has 0 aliphatic carbocycles. The van der Waals surface area contributed by atoms with Crippen LogP contribution in [-0.4, -0.2) is 11.5 Å². The van der Waals surface area contributed by atoms with Crippen LogP contribution in [0.5, 0.6) is 0 Å². The molecular weight excluding hydrogens is 200 g/mol. The van der Waals surface area contributed by atoms with Gasteiger partial charge in [-0.05, 0) is 37.2 Å². The summed E-state index contributed by atoms with van der Waals surface area (Å²) < 4.78 is 5.76. The van der Waals surface area contributed by atoms with Crippen LogP contribution in [0, 0.1) is 6.92 Å². The van der Waals surface area contributed by atoms with Crippen molar-refractivity contribution >= 4 is 0 Å². The summed E-state index contributed by atoms with van der Waals surface area (Å²) in [5, 5.41) is 3.24. The fourth-order valence-electron chi connectivity index (χ4n) is 1.62. The van der Waals surface area contributed by atoms with E-state index in [4.69, 9.17) is 4.42 Å². The second-order valence-electron chi connectivity index (χ2n) is 3.74. The van der Waals surface area contributed by atoms with Gasteiger partial charge in [-0.1, -0.05) is 6.92 Å². The molecule has 3 nitrogen and oxygen atoms in total. The highest BCUT2D eigenvalue weighted by Gasteiger charge is 2.06. The molecule has 2 aromatic heterocycles. The first-order valence-corrected chi connectivity index (χ1v) is 5.51. The number of pyridine rings is 1. The van der Waals surface area contributed by atoms with Crippen LogP contribution < -0.4 is 5.32 Å². The third-order valence-corrected chi connectivity index (χ3v) is 2.50. The van der Waals surface area contributed by atoms with Gasteiger partial charge in [-0.3, -0.25) is 4.98 Å². The molecule has 0 radical (unpaired) electrons. The van der Waals surface area contributed by atoms with E-state index in [1.807, 2.05) is 31.3 Å². The highest BCUT2D eigenvalue weighted by Crippen LogP contribution is 2.24. The van der Waals surface area contributed by atoms with E-state index in [1.165, 1.54) is 0 Å². The van der Waals surface area contributed by atoms with E-state index in [-0.39, 0.29) is 0 Å². The number of nitrogens with zero attached hydrogens (tertiary/aromatic N) is 1. The SMILES string of the molecule is CCNCc1ccc(-c2ccncc2C)o1. The number of rotatable bonds is 4. The van der Waals surface area contributed by atoms with Crippen molar-refractivity contribution in [2.24, 2.45) is 0 Å². The summed E-state index contributed by atoms with van der Waals surface area (Å²) in [5.41, 5.74) is 2.24. The van der Waals surface area contributed by atoms with Crippen LogP contribution in [0.3, 0.4) is 0 Å². The maximum Gasteiger partial charge on any atom is 0.134 e. The molecule has 0 aliphatic heterocycles. The average Bonchev–Trinajstić information content (AvgIpc) is 2.75. The molecule has 2 rings (SSSR count). The predicted octanol–water partition coefficient (Wildman–Crippen LogP) is 2.76. The van der Waals surface area contributed by atoms with Crippen molar-refractivity contribution in [3.05, 3.63) is 41.9 Å². The summed E-state index contributed by atoms with van der Waals surface area (Å²) in [6.45, 7) is 5.84. The zero-order chi connectivity index (χ0) is 11.4. The van der Waals surface area contributed by atoms with Gasteiger partial charge < -0.3 is 9.73 Å². The summed E-state index contributed by atoms with van der Waals surface area (Å²) >= 11 is 0. The van der Waals surface area contributed by atoms with Crippen molar-refractivity contribution in [1.29, 1.82) is 0 Å². The van der Waals surface area contributed by atoms with E-state index in [1.54, 1.807) is 6.20 Å². The molecule has 0 unspecified atom stereocenters. The van der Waals surface area contributed by atoms with Crippen molar-refractivity contribution in [2.75, 3.05) is 6.54 Å². The first-order chi connectivity index (χ1) is 7.81. The smallest absolute Gasteiger partial charge is 0.134 e. The van der Waals surface area contributed by atoms with E-state index in [2.05, 4.69) is 17.2 Å². The summed E-state index contributed by atoms with van der Waals surface area (Å²) in [7, 11) is 0. The maximum absolute atomic E-state index is 5.76. The summed E-state index contributed by atoms with van der Waals surface area (Å²) in [6.07, 6.45) is 3.64. The molecule has 0 saturated heterocycles. The number of aryl methyl sites for hydroxylation is 1. The number of nitrogens with one attached hydrogen (secondary N) is 1. The van der Waals surface area contributed by atoms with Crippen molar-refractivity contribution < 1.29 is 4.42 Å². The van der Waals surface area contributed by atoms with Crippen LogP contribution in [0.1, 0.15) is 18.2 Å². The van der Waals surface area contributed by atoms with Gasteiger partial charge in [-0.2, -0.15) is 0 Å². The van der Waals surface area contributed by atoms with E-state index >= 15 is 0 Å². The molecule has 0 bridgehead atoms. The third kappa shape index (κ3) is 2.31. The van der Waals surface area contributed by atoms with Crippen molar-refractivity contribution in [3.63, 3.8) is 0 Å². The molecule has 0 saturated carbocycles. The molecule has 0 aromatic carbocycles. The lowest BCUT2D eigenvalue weighted by Crippen LogP contribution is -2.10. The van der Waals surface area contributed by atoms with Gasteiger partial charge in [0.2, 0.25) is 0 Å². The van der Waals surface area contributed by atoms with Gasteiger partial charge in [-0.25, -0.2) is 0 Å². The van der Waals surface area contributed by atoms with Crippen LogP contribution in [0.15, 0.2) is 35.0 Å². The number of hydrogen-bond donors (Lipinski definition) is 1. The molecule has 2 heterocycles. The van der Waals surface area contributed by atoms with Crippen molar-refractivity contribution in [1.82, 2.24) is 10.3 Å². The van der Waals surface area contributed by atoms with Gasteiger partial charge in [0.25, 0.3) is 0 Å². The molecule has 1 N–H and O–H groups in total. The second kappa shape index (κ2) is 4.94. The quantitative estimate of drug-likeness (QED) is 0.854. The van der Waals surface area contributed by atoms with E-state index < -0.39 is 0 Å². The molecule has 3 heteroatoms. The number of furan rings is 1. The van der Waals surface area contributed by atoms with Gasteiger partial charge in [0.15, 0.2) is 0 Å². The normalized spacial score (nSPS) is 10.6. The lowest BCUT2D eigenvalue weighted by molar-refractivity contribution is 0.498. The Kier molecular flexibility index (Phi) is 3.37. The Labute approximate surface area is 95.5 Å². The monoisotopic (exact) mass is 216 g/mol. The summed E-state index contributed by atoms with van der Waals surface area (Å²) in [4.78, 5) is 4.07. The molecule has 0 amide bonds. The van der Waals surface area contributed by atoms with Gasteiger partial charge in [0, 0.05) is 18.0 Å². The topological polar surface area (TPSA) is 38.1 Å². The standard InChI is InChI=1S/C13H16N2O/c1-3-14-9-11-4-5-13(16-11)12-6-7-15-8-10(12)2/h4-8,14H,3,9H2,1-2H3. The fourth-order valence-corrected chi connectivity index (χ4v) is 1.62. The highest BCUT2D eigenvalue weighted by molar-refractivity contribution is 5.60. The van der Waals surface area contributed by atoms with Crippen LogP contribution in [0.4, 0.5) is 0 Å². The number of aromatic nitrogens is 1. The van der Waals surface area contributed by atoms with Crippen LogP contribution in [-0.2, 0) is 6.54 Å². The minimum atomic E-state index is 0.778. The lowest BCUT2D eigenvalue weighted by Gasteiger charge is -2.01. The zero-order valence-corrected chi connectivity index (χ0v) is 9.66. The van der Waals surface area contributed by atoms with E-state index in [0.717, 1.165) is 35.7 Å². The van der Waals surface area contributed by atoms with Gasteiger partial charge in [-0.15, -0.1) is 0 Å². The Bertz CT molecular complexity index is 462. The Hall–Kier alpha value is -1.61. The molecule has 0 spiro atoms. The maximum atomic E-state index is 5.76. The Morgan fingerprint density at radius 2 is 2.19 bits per heavy atom. The predicted molar refractivity (Wildman–Crippen MR) is 64.1 cm³/mol. The van der Waals surface area contributed by atoms with E-state index in [0.29, 0.717) is 0 Å². The molecular formula is C13H16N2O. The first-order valence-electron chi connectivity index (χ1n) is 5.51. The van der Waals surface area contributed by atoms with Crippen LogP contribution in [0.2, 0.25) is 0 Å². The minimum absolute atomic E-state index is 0.778. The second-order valence-corrected chi connectivity index (χ2v) is 3.74. The highest BCUT2D eigenvalue weighted by atomic mass is 16.3. The Morgan fingerprint density at radius 3 is 2.94 bits per heavy atom. The molecule has 0 aliphatic rings. The zero-order valence-electron chi connectivity index (χ0n) is 9.66. The third-order valence-electron chi connectivity index (χ3n) is 2.50. The largest absolute Gasteiger partial charge is 0.460 e. The number of hydrogen-bond acceptors (Lipinski definition) is 3. The van der Waals surface area contributed by atoms with Crippen molar-refractivity contribution in [3.8, 4) is 11.3 Å². The van der Waals surface area contributed by atoms with E-state index in [9.17, 15) is 0 Å². The fraction of sp³-hybridized carbons (Fsp3) is 0.308. The van der Waals surface area contributed by atoms with Gasteiger partial charge >= 0.3 is 0 Å². The van der Waals surface area contributed by atoms with Crippen molar-refractivity contribution in [2.45, 2.75) is 20.4 Å². The summed E-state index contributed by atoms with van der Waals surface area (Å²) in [6, 6.07) is 6.00. The van der Waals surface area contributed by atoms with Crippen LogP contribution >= 0.6 is 0 Å². The van der Waals surface area contributed by atoms with Gasteiger partial charge in [0.1, 0.15) is 11.5 Å². The van der Waals surface area contributed by atoms with Gasteiger partial charge in [0.05, 0.1) is 6.54 Å². The molecule has 0 atom stereocenters. The Balaban J connectivity index is 2.22. The molecule has 84 valence electrons. The molecule has 2 aromatic rings. The molecule has 0 fully saturated rings. The average molecular weight is 216 g/mol. The minimum Gasteiger partial charge on any atom is -0.460 e. The Morgan fingerprint density at radius 1 is 1.31 bits per heavy atom. The summed E-state index contributed by atoms with van der Waals surface area (Å²) in [5.74, 6) is 1.88.